The lowest BCUT2D eigenvalue weighted by Gasteiger charge is -2.34. The molecule has 0 unspecified atom stereocenters. The summed E-state index contributed by atoms with van der Waals surface area (Å²) in [6.45, 7) is 4.26. The molecule has 1 aromatic carbocycles. The number of aryl methyl sites for hydroxylation is 1. The van der Waals surface area contributed by atoms with Crippen molar-refractivity contribution in [3.63, 3.8) is 0 Å². The molecule has 2 fully saturated rings. The topological polar surface area (TPSA) is 40.6 Å². The highest BCUT2D eigenvalue weighted by molar-refractivity contribution is 7.89. The van der Waals surface area contributed by atoms with Crippen LogP contribution in [-0.4, -0.2) is 56.1 Å². The Morgan fingerprint density at radius 1 is 1.00 bits per heavy atom. The minimum Gasteiger partial charge on any atom is -0.300 e. The van der Waals surface area contributed by atoms with Crippen LogP contribution in [-0.2, 0) is 16.4 Å². The van der Waals surface area contributed by atoms with Crippen molar-refractivity contribution in [3.8, 4) is 0 Å². The van der Waals surface area contributed by atoms with Gasteiger partial charge in [0.1, 0.15) is 0 Å². The molecule has 1 aliphatic carbocycles. The van der Waals surface area contributed by atoms with Crippen molar-refractivity contribution in [2.45, 2.75) is 19.3 Å². The Balaban J connectivity index is 1.48. The number of hydrogen-bond donors (Lipinski definition) is 0. The molecule has 3 rings (SSSR count). The highest BCUT2D eigenvalue weighted by atomic mass is 32.2. The fraction of sp³-hybridized carbons (Fsp3) is 0.625. The van der Waals surface area contributed by atoms with Crippen molar-refractivity contribution in [1.82, 2.24) is 9.21 Å². The van der Waals surface area contributed by atoms with E-state index in [1.807, 2.05) is 30.3 Å². The van der Waals surface area contributed by atoms with Crippen molar-refractivity contribution in [1.29, 1.82) is 0 Å². The Morgan fingerprint density at radius 3 is 2.29 bits per heavy atom. The predicted molar refractivity (Wildman–Crippen MR) is 84.7 cm³/mol. The maximum Gasteiger partial charge on any atom is 0.214 e. The van der Waals surface area contributed by atoms with E-state index < -0.39 is 10.0 Å². The van der Waals surface area contributed by atoms with E-state index >= 15 is 0 Å². The molecular weight excluding hydrogens is 284 g/mol. The van der Waals surface area contributed by atoms with Crippen molar-refractivity contribution >= 4 is 10.0 Å². The first-order valence-electron chi connectivity index (χ1n) is 7.87. The molecule has 1 aliphatic heterocycles. The van der Waals surface area contributed by atoms with Gasteiger partial charge >= 0.3 is 0 Å². The normalized spacial score (nSPS) is 21.5. The van der Waals surface area contributed by atoms with Gasteiger partial charge in [-0.15, -0.1) is 0 Å². The van der Waals surface area contributed by atoms with Crippen LogP contribution in [0.1, 0.15) is 18.4 Å². The minimum absolute atomic E-state index is 0.222. The lowest BCUT2D eigenvalue weighted by molar-refractivity contribution is 0.182. The Morgan fingerprint density at radius 2 is 1.67 bits per heavy atom. The smallest absolute Gasteiger partial charge is 0.214 e. The summed E-state index contributed by atoms with van der Waals surface area (Å²) in [6.07, 6.45) is 3.32. The number of piperazine rings is 1. The molecule has 2 aliphatic rings. The average molecular weight is 308 g/mol. The van der Waals surface area contributed by atoms with E-state index in [9.17, 15) is 8.42 Å². The van der Waals surface area contributed by atoms with E-state index in [-0.39, 0.29) is 5.75 Å². The molecule has 0 atom stereocenters. The third-order valence-corrected chi connectivity index (χ3v) is 6.30. The Kier molecular flexibility index (Phi) is 4.62. The molecule has 0 radical (unpaired) electrons. The third kappa shape index (κ3) is 4.28. The van der Waals surface area contributed by atoms with Crippen LogP contribution in [0.5, 0.6) is 0 Å². The lowest BCUT2D eigenvalue weighted by atomic mass is 10.2. The van der Waals surface area contributed by atoms with Crippen LogP contribution < -0.4 is 0 Å². The standard InChI is InChI=1S/C16H24N2O2S/c19-21(20,13-8-15-4-2-1-3-5-15)18-11-9-17(10-12-18)14-16-6-7-16/h1-5,16H,6-14H2. The summed E-state index contributed by atoms with van der Waals surface area (Å²) in [4.78, 5) is 2.42. The van der Waals surface area contributed by atoms with E-state index in [1.165, 1.54) is 12.8 Å². The molecule has 21 heavy (non-hydrogen) atoms. The Bertz CT molecular complexity index is 547. The van der Waals surface area contributed by atoms with Gasteiger partial charge in [-0.1, -0.05) is 30.3 Å². The molecule has 1 saturated heterocycles. The summed E-state index contributed by atoms with van der Waals surface area (Å²) < 4.78 is 26.5. The van der Waals surface area contributed by atoms with E-state index in [2.05, 4.69) is 4.90 Å². The van der Waals surface area contributed by atoms with Crippen LogP contribution in [0, 0.1) is 5.92 Å². The maximum absolute atomic E-state index is 12.4. The number of sulfonamides is 1. The number of nitrogens with zero attached hydrogens (tertiary/aromatic N) is 2. The molecule has 4 nitrogen and oxygen atoms in total. The molecule has 0 spiro atoms. The second kappa shape index (κ2) is 6.46. The van der Waals surface area contributed by atoms with Crippen molar-refractivity contribution in [3.05, 3.63) is 35.9 Å². The zero-order valence-corrected chi connectivity index (χ0v) is 13.3. The van der Waals surface area contributed by atoms with Gasteiger partial charge < -0.3 is 4.90 Å². The fourth-order valence-corrected chi connectivity index (χ4v) is 4.35. The average Bonchev–Trinajstić information content (AvgIpc) is 3.31. The maximum atomic E-state index is 12.4. The summed E-state index contributed by atoms with van der Waals surface area (Å²) in [5.41, 5.74) is 1.09. The molecule has 1 heterocycles. The quantitative estimate of drug-likeness (QED) is 0.801. The molecule has 1 aromatic rings. The van der Waals surface area contributed by atoms with Gasteiger partial charge in [0.25, 0.3) is 0 Å². The molecule has 0 N–H and O–H groups in total. The molecule has 5 heteroatoms. The lowest BCUT2D eigenvalue weighted by Crippen LogP contribution is -2.49. The van der Waals surface area contributed by atoms with Gasteiger partial charge in [0.05, 0.1) is 5.75 Å². The number of rotatable bonds is 6. The van der Waals surface area contributed by atoms with Gasteiger partial charge in [-0.05, 0) is 30.7 Å². The minimum atomic E-state index is -3.11. The van der Waals surface area contributed by atoms with Crippen LogP contribution in [0.2, 0.25) is 0 Å². The molecule has 0 amide bonds. The van der Waals surface area contributed by atoms with E-state index in [0.29, 0.717) is 19.5 Å². The van der Waals surface area contributed by atoms with Gasteiger partial charge in [-0.3, -0.25) is 0 Å². The molecule has 116 valence electrons. The summed E-state index contributed by atoms with van der Waals surface area (Å²) in [5, 5.41) is 0. The largest absolute Gasteiger partial charge is 0.300 e. The predicted octanol–water partition coefficient (Wildman–Crippen LogP) is 1.59. The summed E-state index contributed by atoms with van der Waals surface area (Å²) >= 11 is 0. The van der Waals surface area contributed by atoms with Gasteiger partial charge in [-0.25, -0.2) is 8.42 Å². The first-order chi connectivity index (χ1) is 10.1. The molecular formula is C16H24N2O2S. The van der Waals surface area contributed by atoms with Crippen LogP contribution >= 0.6 is 0 Å². The monoisotopic (exact) mass is 308 g/mol. The summed E-state index contributed by atoms with van der Waals surface area (Å²) in [6, 6.07) is 9.85. The number of hydrogen-bond acceptors (Lipinski definition) is 3. The van der Waals surface area contributed by atoms with Gasteiger partial charge in [0, 0.05) is 32.7 Å². The molecule has 0 bridgehead atoms. The second-order valence-corrected chi connectivity index (χ2v) is 8.28. The molecule has 0 aromatic heterocycles. The summed E-state index contributed by atoms with van der Waals surface area (Å²) in [5.74, 6) is 1.10. The van der Waals surface area contributed by atoms with Crippen molar-refractivity contribution in [2.24, 2.45) is 5.92 Å². The SMILES string of the molecule is O=S(=O)(CCc1ccccc1)N1CCN(CC2CC2)CC1. The Hall–Kier alpha value is -0.910. The second-order valence-electron chi connectivity index (χ2n) is 6.19. The van der Waals surface area contributed by atoms with E-state index in [0.717, 1.165) is 31.1 Å². The highest BCUT2D eigenvalue weighted by Gasteiger charge is 2.30. The van der Waals surface area contributed by atoms with Crippen molar-refractivity contribution in [2.75, 3.05) is 38.5 Å². The highest BCUT2D eigenvalue weighted by Crippen LogP contribution is 2.30. The summed E-state index contributed by atoms with van der Waals surface area (Å²) in [7, 11) is -3.11. The van der Waals surface area contributed by atoms with Gasteiger partial charge in [-0.2, -0.15) is 4.31 Å². The zero-order valence-electron chi connectivity index (χ0n) is 12.4. The Labute approximate surface area is 127 Å². The van der Waals surface area contributed by atoms with Crippen LogP contribution in [0.3, 0.4) is 0 Å². The molecule has 1 saturated carbocycles. The number of benzene rings is 1. The van der Waals surface area contributed by atoms with Crippen LogP contribution in [0.4, 0.5) is 0 Å². The van der Waals surface area contributed by atoms with E-state index in [4.69, 9.17) is 0 Å². The third-order valence-electron chi connectivity index (χ3n) is 4.43. The zero-order chi connectivity index (χ0) is 14.7. The fourth-order valence-electron chi connectivity index (χ4n) is 2.88. The van der Waals surface area contributed by atoms with Crippen molar-refractivity contribution < 1.29 is 8.42 Å². The van der Waals surface area contributed by atoms with Crippen LogP contribution in [0.15, 0.2) is 30.3 Å². The van der Waals surface area contributed by atoms with Gasteiger partial charge in [0.2, 0.25) is 10.0 Å². The first-order valence-corrected chi connectivity index (χ1v) is 9.48. The first kappa shape index (κ1) is 15.0. The van der Waals surface area contributed by atoms with Gasteiger partial charge in [0.15, 0.2) is 0 Å². The van der Waals surface area contributed by atoms with E-state index in [1.54, 1.807) is 4.31 Å². The van der Waals surface area contributed by atoms with Crippen LogP contribution in [0.25, 0.3) is 0 Å².